The summed E-state index contributed by atoms with van der Waals surface area (Å²) in [6, 6.07) is 9.07. The fraction of sp³-hybridized carbons (Fsp3) is 0.556. The number of nitriles is 1. The van der Waals surface area contributed by atoms with Crippen LogP contribution in [0.1, 0.15) is 89.5 Å². The van der Waals surface area contributed by atoms with Crippen LogP contribution in [0.25, 0.3) is 0 Å². The Bertz CT molecular complexity index is 1060. The number of carbonyl (C=O) groups excluding carboxylic acids is 1. The van der Waals surface area contributed by atoms with Crippen LogP contribution in [0.2, 0.25) is 0 Å². The number of aromatic nitrogens is 2. The van der Waals surface area contributed by atoms with Crippen molar-refractivity contribution in [3.8, 4) is 17.6 Å². The van der Waals surface area contributed by atoms with Gasteiger partial charge in [-0.15, -0.1) is 18.3 Å². The molecule has 1 amide bonds. The Morgan fingerprint density at radius 3 is 2.11 bits per heavy atom. The van der Waals surface area contributed by atoms with Gasteiger partial charge in [0.25, 0.3) is 5.91 Å². The van der Waals surface area contributed by atoms with E-state index in [4.69, 9.17) is 10.00 Å². The highest BCUT2D eigenvalue weighted by Gasteiger charge is 2.54. The van der Waals surface area contributed by atoms with E-state index < -0.39 is 12.1 Å². The zero-order valence-corrected chi connectivity index (χ0v) is 22.9. The molecule has 0 radical (unpaired) electrons. The molecule has 0 unspecified atom stereocenters. The van der Waals surface area contributed by atoms with Gasteiger partial charge in [-0.2, -0.15) is 10.4 Å². The first-order chi connectivity index (χ1) is 17.1. The first kappa shape index (κ1) is 31.7. The van der Waals surface area contributed by atoms with Crippen LogP contribution in [0, 0.1) is 22.2 Å². The predicted molar refractivity (Wildman–Crippen MR) is 135 cm³/mol. The van der Waals surface area contributed by atoms with Crippen molar-refractivity contribution in [2.45, 2.75) is 80.2 Å². The maximum absolute atomic E-state index is 12.4. The van der Waals surface area contributed by atoms with Crippen molar-refractivity contribution in [1.82, 2.24) is 15.5 Å². The highest BCUT2D eigenvalue weighted by molar-refractivity contribution is 5.91. The zero-order chi connectivity index (χ0) is 28.6. The number of ether oxygens (including phenoxy) is 2. The molecule has 1 aliphatic carbocycles. The lowest BCUT2D eigenvalue weighted by Gasteiger charge is -2.56. The molecule has 0 saturated heterocycles. The van der Waals surface area contributed by atoms with Crippen LogP contribution in [0.4, 0.5) is 13.2 Å². The maximum Gasteiger partial charge on any atom is 0.573 e. The lowest BCUT2D eigenvalue weighted by molar-refractivity contribution is -0.274. The monoisotopic (exact) mass is 522 g/mol. The number of carbonyl (C=O) groups is 1. The third-order valence-corrected chi connectivity index (χ3v) is 5.62. The van der Waals surface area contributed by atoms with E-state index in [9.17, 15) is 18.0 Å². The molecular weight excluding hydrogens is 485 g/mol. The SMILES string of the molecule is CC.CC1(C)CC(C)(C)C1Oc1ccc(C#N)c(OC(F)(F)F)c1.CNC(=O)c1ccc(C(C)C)nn1. The fourth-order valence-corrected chi connectivity index (χ4v) is 4.52. The highest BCUT2D eigenvalue weighted by atomic mass is 19.4. The molecule has 0 aliphatic heterocycles. The minimum Gasteiger partial charge on any atom is -0.489 e. The number of benzene rings is 1. The molecule has 1 N–H and O–H groups in total. The maximum atomic E-state index is 12.4. The van der Waals surface area contributed by atoms with E-state index in [2.05, 4.69) is 47.9 Å². The van der Waals surface area contributed by atoms with Gasteiger partial charge in [-0.25, -0.2) is 0 Å². The first-order valence-electron chi connectivity index (χ1n) is 12.1. The van der Waals surface area contributed by atoms with E-state index >= 15 is 0 Å². The van der Waals surface area contributed by atoms with E-state index in [0.29, 0.717) is 11.6 Å². The van der Waals surface area contributed by atoms with Gasteiger partial charge in [-0.05, 0) is 36.6 Å². The molecule has 1 saturated carbocycles. The quantitative estimate of drug-likeness (QED) is 0.472. The van der Waals surface area contributed by atoms with E-state index in [1.807, 2.05) is 33.8 Å². The zero-order valence-electron chi connectivity index (χ0n) is 22.9. The minimum absolute atomic E-state index is 0.0531. The van der Waals surface area contributed by atoms with Gasteiger partial charge < -0.3 is 14.8 Å². The van der Waals surface area contributed by atoms with Crippen LogP contribution in [-0.4, -0.2) is 35.6 Å². The van der Waals surface area contributed by atoms with Gasteiger partial charge in [-0.1, -0.05) is 55.4 Å². The number of alkyl halides is 3. The number of halogens is 3. The van der Waals surface area contributed by atoms with E-state index in [-0.39, 0.29) is 34.2 Å². The lowest BCUT2D eigenvalue weighted by Crippen LogP contribution is -2.58. The van der Waals surface area contributed by atoms with E-state index in [0.717, 1.165) is 18.2 Å². The van der Waals surface area contributed by atoms with Crippen LogP contribution in [0.3, 0.4) is 0 Å². The van der Waals surface area contributed by atoms with Crippen molar-refractivity contribution in [1.29, 1.82) is 5.26 Å². The van der Waals surface area contributed by atoms with Crippen LogP contribution in [0.5, 0.6) is 11.5 Å². The first-order valence-corrected chi connectivity index (χ1v) is 12.1. The Labute approximate surface area is 217 Å². The average molecular weight is 523 g/mol. The summed E-state index contributed by atoms with van der Waals surface area (Å²) >= 11 is 0. The Morgan fingerprint density at radius 2 is 1.70 bits per heavy atom. The normalized spacial score (nSPS) is 15.6. The molecule has 2 aromatic rings. The van der Waals surface area contributed by atoms with E-state index in [1.54, 1.807) is 19.2 Å². The summed E-state index contributed by atoms with van der Waals surface area (Å²) in [6.45, 7) is 16.3. The van der Waals surface area contributed by atoms with Gasteiger partial charge in [0.1, 0.15) is 17.9 Å². The number of rotatable bonds is 5. The summed E-state index contributed by atoms with van der Waals surface area (Å²) in [5.41, 5.74) is 0.960. The van der Waals surface area contributed by atoms with Gasteiger partial charge in [0, 0.05) is 23.9 Å². The Morgan fingerprint density at radius 1 is 1.11 bits per heavy atom. The molecule has 10 heteroatoms. The number of nitrogens with zero attached hydrogens (tertiary/aromatic N) is 3. The number of amides is 1. The van der Waals surface area contributed by atoms with Gasteiger partial charge >= 0.3 is 6.36 Å². The summed E-state index contributed by atoms with van der Waals surface area (Å²) < 4.78 is 47.0. The van der Waals surface area contributed by atoms with Crippen LogP contribution < -0.4 is 14.8 Å². The van der Waals surface area contributed by atoms with Crippen molar-refractivity contribution < 1.29 is 27.4 Å². The molecule has 1 heterocycles. The summed E-state index contributed by atoms with van der Waals surface area (Å²) in [5, 5.41) is 19.1. The predicted octanol–water partition coefficient (Wildman–Crippen LogP) is 6.65. The van der Waals surface area contributed by atoms with Gasteiger partial charge in [0.05, 0.1) is 11.3 Å². The molecular formula is C27H37F3N4O3. The number of hydrogen-bond donors (Lipinski definition) is 1. The molecule has 0 bridgehead atoms. The van der Waals surface area contributed by atoms with Crippen molar-refractivity contribution >= 4 is 5.91 Å². The number of hydrogen-bond acceptors (Lipinski definition) is 6. The molecule has 204 valence electrons. The summed E-state index contributed by atoms with van der Waals surface area (Å²) in [6.07, 6.45) is -4.00. The molecule has 0 atom stereocenters. The standard InChI is InChI=1S/C16H18F3NO2.C9H13N3O.C2H6/c1-14(2)9-15(3,4)13(14)21-11-6-5-10(8-20)12(7-11)22-16(17,18)19;1-6(2)7-4-5-8(12-11-7)9(13)10-3;1-2/h5-7,13H,9H2,1-4H3;4-6H,1-3H3,(H,10,13);1-2H3. The minimum atomic E-state index is -4.85. The second-order valence-electron chi connectivity index (χ2n) is 10.0. The Hall–Kier alpha value is -3.35. The Balaban J connectivity index is 0.000000389. The molecule has 7 nitrogen and oxygen atoms in total. The van der Waals surface area contributed by atoms with E-state index in [1.165, 1.54) is 12.1 Å². The van der Waals surface area contributed by atoms with Gasteiger partial charge in [-0.3, -0.25) is 4.79 Å². The Kier molecular flexibility index (Phi) is 10.9. The van der Waals surface area contributed by atoms with Crippen molar-refractivity contribution in [2.24, 2.45) is 10.8 Å². The van der Waals surface area contributed by atoms with Crippen molar-refractivity contribution in [3.05, 3.63) is 47.3 Å². The third-order valence-electron chi connectivity index (χ3n) is 5.62. The second-order valence-corrected chi connectivity index (χ2v) is 10.0. The van der Waals surface area contributed by atoms with Gasteiger partial charge in [0.15, 0.2) is 11.4 Å². The summed E-state index contributed by atoms with van der Waals surface area (Å²) in [4.78, 5) is 11.1. The molecule has 3 rings (SSSR count). The second kappa shape index (κ2) is 12.7. The van der Waals surface area contributed by atoms with Crippen molar-refractivity contribution in [2.75, 3.05) is 7.05 Å². The molecule has 1 fully saturated rings. The molecule has 1 aromatic heterocycles. The largest absolute Gasteiger partial charge is 0.573 e. The molecule has 1 aromatic carbocycles. The average Bonchev–Trinajstić information content (AvgIpc) is 2.82. The topological polar surface area (TPSA) is 97.1 Å². The fourth-order valence-electron chi connectivity index (χ4n) is 4.52. The number of nitrogens with one attached hydrogen (secondary N) is 1. The molecule has 1 aliphatic rings. The lowest BCUT2D eigenvalue weighted by atomic mass is 9.53. The third kappa shape index (κ3) is 8.92. The van der Waals surface area contributed by atoms with Crippen LogP contribution in [-0.2, 0) is 0 Å². The van der Waals surface area contributed by atoms with Crippen molar-refractivity contribution in [3.63, 3.8) is 0 Å². The highest BCUT2D eigenvalue weighted by Crippen LogP contribution is 2.55. The molecule has 0 spiro atoms. The smallest absolute Gasteiger partial charge is 0.489 e. The summed E-state index contributed by atoms with van der Waals surface area (Å²) in [7, 11) is 1.57. The molecule has 37 heavy (non-hydrogen) atoms. The van der Waals surface area contributed by atoms with Crippen LogP contribution >= 0.6 is 0 Å². The summed E-state index contributed by atoms with van der Waals surface area (Å²) in [5.74, 6) is -0.138. The van der Waals surface area contributed by atoms with Gasteiger partial charge in [0.2, 0.25) is 0 Å². The van der Waals surface area contributed by atoms with Crippen LogP contribution in [0.15, 0.2) is 30.3 Å².